The molecule has 0 aliphatic carbocycles. The molecular weight excluding hydrogens is 533 g/mol. The number of ether oxygens (including phenoxy) is 1. The summed E-state index contributed by atoms with van der Waals surface area (Å²) in [4.78, 5) is 23.0. The molecule has 6 aromatic rings. The number of aromatic nitrogens is 7. The third-order valence-electron chi connectivity index (χ3n) is 7.24. The van der Waals surface area contributed by atoms with E-state index in [0.717, 1.165) is 22.1 Å². The molecule has 1 aliphatic heterocycles. The number of hydrogen-bond donors (Lipinski definition) is 2. The first-order valence-electron chi connectivity index (χ1n) is 12.9. The Bertz CT molecular complexity index is 1920. The number of halogens is 3. The SMILES string of the molecule is COc1cc(F)cc(-c2ccnc3nc(-c4[nH]nc5ncc(-c6cncc(CN7CCC(F)(F)C7)c6)cc45)[nH]c23)c1. The van der Waals surface area contributed by atoms with Gasteiger partial charge in [-0.05, 0) is 41.5 Å². The van der Waals surface area contributed by atoms with Gasteiger partial charge in [-0.15, -0.1) is 0 Å². The first kappa shape index (κ1) is 25.1. The van der Waals surface area contributed by atoms with E-state index >= 15 is 0 Å². The molecule has 41 heavy (non-hydrogen) atoms. The zero-order valence-corrected chi connectivity index (χ0v) is 21.8. The van der Waals surface area contributed by atoms with Crippen LogP contribution in [0.3, 0.4) is 0 Å². The van der Waals surface area contributed by atoms with E-state index in [1.165, 1.54) is 19.2 Å². The standard InChI is InChI=1S/C29H23F3N8O/c1-41-21-8-17(7-20(30)10-21)22-2-4-34-27-24(22)36-28(37-27)25-23-9-19(13-35-26(23)39-38-25)18-6-16(11-33-12-18)14-40-5-3-29(31,32)15-40/h2,4,6-13H,3,5,14-15H2,1H3,(H,34,36,37)(H,35,38,39). The van der Waals surface area contributed by atoms with Crippen molar-refractivity contribution in [1.29, 1.82) is 0 Å². The van der Waals surface area contributed by atoms with Gasteiger partial charge in [0.2, 0.25) is 0 Å². The molecule has 206 valence electrons. The zero-order chi connectivity index (χ0) is 28.1. The van der Waals surface area contributed by atoms with Gasteiger partial charge in [0, 0.05) is 67.1 Å². The molecule has 9 nitrogen and oxygen atoms in total. The molecule has 5 aromatic heterocycles. The van der Waals surface area contributed by atoms with Crippen molar-refractivity contribution in [1.82, 2.24) is 40.0 Å². The van der Waals surface area contributed by atoms with E-state index in [1.807, 2.05) is 12.1 Å². The normalized spacial score (nSPS) is 15.2. The monoisotopic (exact) mass is 556 g/mol. The second-order valence-electron chi connectivity index (χ2n) is 10.1. The fraction of sp³-hybridized carbons (Fsp3) is 0.207. The Labute approximate surface area is 231 Å². The van der Waals surface area contributed by atoms with Crippen molar-refractivity contribution in [2.75, 3.05) is 20.2 Å². The zero-order valence-electron chi connectivity index (χ0n) is 21.8. The number of hydrogen-bond acceptors (Lipinski definition) is 7. The molecule has 2 N–H and O–H groups in total. The maximum atomic E-state index is 14.3. The topological polar surface area (TPSA) is 108 Å². The fourth-order valence-corrected chi connectivity index (χ4v) is 5.28. The summed E-state index contributed by atoms with van der Waals surface area (Å²) in [6.45, 7) is 0.502. The predicted octanol–water partition coefficient (Wildman–Crippen LogP) is 5.61. The quantitative estimate of drug-likeness (QED) is 0.274. The van der Waals surface area contributed by atoms with E-state index in [2.05, 4.69) is 35.1 Å². The van der Waals surface area contributed by atoms with Crippen LogP contribution in [0.1, 0.15) is 12.0 Å². The van der Waals surface area contributed by atoms with Crippen LogP contribution in [0.25, 0.3) is 56.0 Å². The molecule has 0 spiro atoms. The Morgan fingerprint density at radius 3 is 2.71 bits per heavy atom. The van der Waals surface area contributed by atoms with Gasteiger partial charge >= 0.3 is 0 Å². The summed E-state index contributed by atoms with van der Waals surface area (Å²) in [5.41, 5.74) is 5.97. The highest BCUT2D eigenvalue weighted by molar-refractivity contribution is 5.96. The van der Waals surface area contributed by atoms with Crippen LogP contribution in [0.5, 0.6) is 5.75 Å². The number of alkyl halides is 2. The number of imidazole rings is 1. The molecule has 0 amide bonds. The summed E-state index contributed by atoms with van der Waals surface area (Å²) < 4.78 is 46.8. The second-order valence-corrected chi connectivity index (χ2v) is 10.1. The number of nitrogens with zero attached hydrogens (tertiary/aromatic N) is 6. The largest absolute Gasteiger partial charge is 0.497 e. The van der Waals surface area contributed by atoms with Crippen molar-refractivity contribution in [2.24, 2.45) is 0 Å². The number of fused-ring (bicyclic) bond motifs is 2. The molecule has 0 saturated carbocycles. The van der Waals surface area contributed by atoms with E-state index in [1.54, 1.807) is 41.8 Å². The highest BCUT2D eigenvalue weighted by Crippen LogP contribution is 2.34. The Morgan fingerprint density at radius 2 is 1.88 bits per heavy atom. The molecule has 0 atom stereocenters. The van der Waals surface area contributed by atoms with Crippen molar-refractivity contribution in [2.45, 2.75) is 18.9 Å². The number of methoxy groups -OCH3 is 1. The summed E-state index contributed by atoms with van der Waals surface area (Å²) >= 11 is 0. The van der Waals surface area contributed by atoms with Gasteiger partial charge in [-0.25, -0.2) is 28.1 Å². The number of pyridine rings is 3. The molecular formula is C29H23F3N8O. The number of likely N-dealkylation sites (tertiary alicyclic amines) is 1. The Balaban J connectivity index is 1.25. The van der Waals surface area contributed by atoms with Crippen LogP contribution in [0.15, 0.2) is 61.2 Å². The molecule has 1 aromatic carbocycles. The molecule has 6 heterocycles. The van der Waals surface area contributed by atoms with E-state index in [0.29, 0.717) is 58.3 Å². The lowest BCUT2D eigenvalue weighted by Crippen LogP contribution is -2.24. The Kier molecular flexibility index (Phi) is 5.93. The molecule has 1 fully saturated rings. The van der Waals surface area contributed by atoms with Crippen LogP contribution >= 0.6 is 0 Å². The van der Waals surface area contributed by atoms with Gasteiger partial charge in [0.05, 0.1) is 24.6 Å². The summed E-state index contributed by atoms with van der Waals surface area (Å²) in [6, 6.07) is 10.2. The first-order chi connectivity index (χ1) is 19.8. The summed E-state index contributed by atoms with van der Waals surface area (Å²) in [7, 11) is 1.49. The fourth-order valence-electron chi connectivity index (χ4n) is 5.28. The first-order valence-corrected chi connectivity index (χ1v) is 12.9. The predicted molar refractivity (Wildman–Crippen MR) is 147 cm³/mol. The minimum absolute atomic E-state index is 0.126. The molecule has 1 aliphatic rings. The van der Waals surface area contributed by atoms with Crippen LogP contribution in [-0.4, -0.2) is 66.1 Å². The lowest BCUT2D eigenvalue weighted by molar-refractivity contribution is 0.0115. The van der Waals surface area contributed by atoms with Crippen molar-refractivity contribution in [3.05, 3.63) is 72.6 Å². The molecule has 7 rings (SSSR count). The average molecular weight is 557 g/mol. The lowest BCUT2D eigenvalue weighted by atomic mass is 10.1. The van der Waals surface area contributed by atoms with E-state index in [4.69, 9.17) is 4.74 Å². The Hall–Kier alpha value is -4.84. The highest BCUT2D eigenvalue weighted by Gasteiger charge is 2.37. The molecule has 0 radical (unpaired) electrons. The van der Waals surface area contributed by atoms with E-state index in [-0.39, 0.29) is 13.0 Å². The maximum Gasteiger partial charge on any atom is 0.261 e. The number of benzene rings is 1. The van der Waals surface area contributed by atoms with Crippen LogP contribution in [0.2, 0.25) is 0 Å². The van der Waals surface area contributed by atoms with Gasteiger partial charge in [-0.1, -0.05) is 0 Å². The lowest BCUT2D eigenvalue weighted by Gasteiger charge is -2.15. The second kappa shape index (κ2) is 9.66. The van der Waals surface area contributed by atoms with Gasteiger partial charge in [0.1, 0.15) is 17.3 Å². The van der Waals surface area contributed by atoms with Gasteiger partial charge in [0.15, 0.2) is 17.1 Å². The van der Waals surface area contributed by atoms with Gasteiger partial charge < -0.3 is 9.72 Å². The summed E-state index contributed by atoms with van der Waals surface area (Å²) in [5, 5.41) is 8.08. The summed E-state index contributed by atoms with van der Waals surface area (Å²) in [5.74, 6) is -2.17. The minimum Gasteiger partial charge on any atom is -0.497 e. The van der Waals surface area contributed by atoms with Crippen molar-refractivity contribution in [3.8, 4) is 39.5 Å². The number of aromatic amines is 2. The van der Waals surface area contributed by atoms with E-state index < -0.39 is 11.7 Å². The van der Waals surface area contributed by atoms with Crippen molar-refractivity contribution >= 4 is 22.2 Å². The summed E-state index contributed by atoms with van der Waals surface area (Å²) in [6.07, 6.45) is 6.61. The number of H-pyrrole nitrogens is 2. The smallest absolute Gasteiger partial charge is 0.261 e. The van der Waals surface area contributed by atoms with E-state index in [9.17, 15) is 13.2 Å². The maximum absolute atomic E-state index is 14.3. The highest BCUT2D eigenvalue weighted by atomic mass is 19.3. The minimum atomic E-state index is -2.64. The molecule has 0 unspecified atom stereocenters. The molecule has 1 saturated heterocycles. The van der Waals surface area contributed by atoms with Crippen LogP contribution in [0, 0.1) is 5.82 Å². The van der Waals surface area contributed by atoms with Gasteiger partial charge in [0.25, 0.3) is 5.92 Å². The van der Waals surface area contributed by atoms with Crippen LogP contribution < -0.4 is 4.74 Å². The van der Waals surface area contributed by atoms with Crippen LogP contribution in [0.4, 0.5) is 13.2 Å². The van der Waals surface area contributed by atoms with Gasteiger partial charge in [-0.2, -0.15) is 5.10 Å². The molecule has 12 heteroatoms. The molecule has 0 bridgehead atoms. The Morgan fingerprint density at radius 1 is 1.00 bits per heavy atom. The number of rotatable bonds is 6. The van der Waals surface area contributed by atoms with Crippen LogP contribution in [-0.2, 0) is 6.54 Å². The third-order valence-corrected chi connectivity index (χ3v) is 7.24. The van der Waals surface area contributed by atoms with Gasteiger partial charge in [-0.3, -0.25) is 15.0 Å². The average Bonchev–Trinajstić information content (AvgIpc) is 3.68. The number of nitrogens with one attached hydrogen (secondary N) is 2. The third kappa shape index (κ3) is 4.76. The van der Waals surface area contributed by atoms with Crippen molar-refractivity contribution in [3.63, 3.8) is 0 Å². The van der Waals surface area contributed by atoms with Crippen molar-refractivity contribution < 1.29 is 17.9 Å².